The molecule has 0 aromatic rings. The van der Waals surface area contributed by atoms with Gasteiger partial charge in [-0.2, -0.15) is 0 Å². The van der Waals surface area contributed by atoms with Crippen LogP contribution in [-0.2, 0) is 14.8 Å². The third-order valence-corrected chi connectivity index (χ3v) is 6.55. The van der Waals surface area contributed by atoms with Crippen LogP contribution in [0.2, 0.25) is 0 Å². The van der Waals surface area contributed by atoms with E-state index < -0.39 is 10.0 Å². The van der Waals surface area contributed by atoms with E-state index in [1.54, 1.807) is 7.05 Å². The molecule has 1 aliphatic heterocycles. The lowest BCUT2D eigenvalue weighted by molar-refractivity contribution is 0.0625. The second kappa shape index (κ2) is 13.1. The Hall–Kier alpha value is -0.130. The quantitative estimate of drug-likeness (QED) is 0.302. The molecule has 9 heteroatoms. The van der Waals surface area contributed by atoms with Crippen molar-refractivity contribution in [2.45, 2.75) is 33.1 Å². The van der Waals surface area contributed by atoms with E-state index in [1.807, 2.05) is 20.9 Å². The summed E-state index contributed by atoms with van der Waals surface area (Å²) in [5, 5.41) is 3.16. The van der Waals surface area contributed by atoms with Gasteiger partial charge in [-0.05, 0) is 25.2 Å². The summed E-state index contributed by atoms with van der Waals surface area (Å²) in [6.45, 7) is 7.75. The van der Waals surface area contributed by atoms with E-state index >= 15 is 0 Å². The summed E-state index contributed by atoms with van der Waals surface area (Å²) >= 11 is 0. The van der Waals surface area contributed by atoms with Crippen molar-refractivity contribution >= 4 is 40.0 Å². The molecular weight excluding hydrogens is 455 g/mol. The number of rotatable bonds is 9. The van der Waals surface area contributed by atoms with Gasteiger partial charge in [-0.1, -0.05) is 13.8 Å². The van der Waals surface area contributed by atoms with E-state index in [2.05, 4.69) is 15.2 Å². The fourth-order valence-corrected chi connectivity index (χ4v) is 4.34. The van der Waals surface area contributed by atoms with Crippen LogP contribution in [0, 0.1) is 5.92 Å². The summed E-state index contributed by atoms with van der Waals surface area (Å²) in [6.07, 6.45) is 3.36. The molecule has 25 heavy (non-hydrogen) atoms. The lowest BCUT2D eigenvalue weighted by Gasteiger charge is -2.27. The molecule has 0 spiro atoms. The molecule has 0 radical (unpaired) electrons. The first kappa shape index (κ1) is 24.9. The summed E-state index contributed by atoms with van der Waals surface area (Å²) in [5.74, 6) is 1.54. The molecule has 150 valence electrons. The van der Waals surface area contributed by atoms with Crippen molar-refractivity contribution in [3.05, 3.63) is 0 Å². The maximum absolute atomic E-state index is 12.2. The fraction of sp³-hybridized carbons (Fsp3) is 0.938. The lowest BCUT2D eigenvalue weighted by atomic mass is 9.96. The number of hydrogen-bond donors (Lipinski definition) is 1. The largest absolute Gasteiger partial charge is 0.381 e. The molecule has 0 bridgehead atoms. The first-order valence-electron chi connectivity index (χ1n) is 8.91. The first-order valence-corrected chi connectivity index (χ1v) is 10.5. The molecular formula is C16H35IN4O3S. The van der Waals surface area contributed by atoms with E-state index in [4.69, 9.17) is 4.74 Å². The van der Waals surface area contributed by atoms with Crippen LogP contribution in [-0.4, -0.2) is 82.8 Å². The number of ether oxygens (including phenoxy) is 1. The average Bonchev–Trinajstić information content (AvgIpc) is 2.58. The Labute approximate surface area is 170 Å². The van der Waals surface area contributed by atoms with Crippen LogP contribution in [0.25, 0.3) is 0 Å². The molecule has 0 aliphatic carbocycles. The second-order valence-corrected chi connectivity index (χ2v) is 8.23. The number of aliphatic imine (C=N–C) groups is 1. The predicted octanol–water partition coefficient (Wildman–Crippen LogP) is 1.60. The zero-order chi connectivity index (χ0) is 18.0. The fourth-order valence-electron chi connectivity index (χ4n) is 2.94. The summed E-state index contributed by atoms with van der Waals surface area (Å²) in [6, 6.07) is 0. The molecule has 1 rings (SSSR count). The van der Waals surface area contributed by atoms with Gasteiger partial charge >= 0.3 is 0 Å². The first-order chi connectivity index (χ1) is 11.4. The Morgan fingerprint density at radius 1 is 1.24 bits per heavy atom. The van der Waals surface area contributed by atoms with Crippen LogP contribution in [0.4, 0.5) is 0 Å². The smallest absolute Gasteiger partial charge is 0.215 e. The van der Waals surface area contributed by atoms with Gasteiger partial charge in [-0.25, -0.2) is 12.7 Å². The highest BCUT2D eigenvalue weighted by Gasteiger charge is 2.19. The maximum atomic E-state index is 12.2. The van der Waals surface area contributed by atoms with Crippen molar-refractivity contribution in [1.29, 1.82) is 0 Å². The molecule has 0 atom stereocenters. The molecule has 0 saturated carbocycles. The molecule has 1 aliphatic rings. The summed E-state index contributed by atoms with van der Waals surface area (Å²) < 4.78 is 31.3. The van der Waals surface area contributed by atoms with Crippen molar-refractivity contribution in [1.82, 2.24) is 14.5 Å². The molecule has 1 heterocycles. The summed E-state index contributed by atoms with van der Waals surface area (Å²) in [4.78, 5) is 6.32. The molecule has 1 N–H and O–H groups in total. The van der Waals surface area contributed by atoms with Gasteiger partial charge in [0, 0.05) is 53.5 Å². The number of halogens is 1. The third-order valence-electron chi connectivity index (χ3n) is 4.53. The topological polar surface area (TPSA) is 74.2 Å². The number of nitrogens with one attached hydrogen (secondary N) is 1. The van der Waals surface area contributed by atoms with Gasteiger partial charge in [-0.3, -0.25) is 4.99 Å². The minimum Gasteiger partial charge on any atom is -0.381 e. The van der Waals surface area contributed by atoms with Gasteiger partial charge < -0.3 is 15.0 Å². The molecule has 7 nitrogen and oxygen atoms in total. The van der Waals surface area contributed by atoms with Gasteiger partial charge in [0.1, 0.15) is 0 Å². The van der Waals surface area contributed by atoms with E-state index in [-0.39, 0.29) is 29.7 Å². The van der Waals surface area contributed by atoms with Gasteiger partial charge in [0.25, 0.3) is 0 Å². The Kier molecular flexibility index (Phi) is 13.0. The van der Waals surface area contributed by atoms with Crippen molar-refractivity contribution < 1.29 is 13.2 Å². The number of sulfonamides is 1. The van der Waals surface area contributed by atoms with Crippen molar-refractivity contribution in [3.8, 4) is 0 Å². The van der Waals surface area contributed by atoms with Crippen molar-refractivity contribution in [2.75, 3.05) is 59.2 Å². The molecule has 1 saturated heterocycles. The zero-order valence-corrected chi connectivity index (χ0v) is 19.2. The number of guanidine groups is 1. The normalized spacial score (nSPS) is 16.6. The maximum Gasteiger partial charge on any atom is 0.215 e. The van der Waals surface area contributed by atoms with E-state index in [1.165, 1.54) is 4.31 Å². The van der Waals surface area contributed by atoms with Gasteiger partial charge in [0.2, 0.25) is 10.0 Å². The minimum atomic E-state index is -3.20. The lowest BCUT2D eigenvalue weighted by Crippen LogP contribution is -2.43. The van der Waals surface area contributed by atoms with Crippen LogP contribution < -0.4 is 5.32 Å². The van der Waals surface area contributed by atoms with Crippen molar-refractivity contribution in [3.63, 3.8) is 0 Å². The van der Waals surface area contributed by atoms with E-state index in [0.29, 0.717) is 25.6 Å². The third kappa shape index (κ3) is 8.87. The molecule has 0 aromatic heterocycles. The number of nitrogens with zero attached hydrogens (tertiary/aromatic N) is 3. The van der Waals surface area contributed by atoms with Crippen molar-refractivity contribution in [2.24, 2.45) is 10.9 Å². The number of hydrogen-bond acceptors (Lipinski definition) is 4. The van der Waals surface area contributed by atoms with E-state index in [9.17, 15) is 8.42 Å². The molecule has 0 amide bonds. The highest BCUT2D eigenvalue weighted by molar-refractivity contribution is 14.0. The molecule has 0 unspecified atom stereocenters. The molecule has 1 fully saturated rings. The summed E-state index contributed by atoms with van der Waals surface area (Å²) in [5.41, 5.74) is 0. The van der Waals surface area contributed by atoms with Crippen LogP contribution >= 0.6 is 24.0 Å². The zero-order valence-electron chi connectivity index (χ0n) is 16.0. The SMILES string of the molecule is CCN(CC)S(=O)(=O)CCNC(=NC)N(C)CCC1CCOCC1.I. The summed E-state index contributed by atoms with van der Waals surface area (Å²) in [7, 11) is 0.524. The highest BCUT2D eigenvalue weighted by atomic mass is 127. The van der Waals surface area contributed by atoms with Crippen LogP contribution in [0.1, 0.15) is 33.1 Å². The van der Waals surface area contributed by atoms with Gasteiger partial charge in [0.15, 0.2) is 5.96 Å². The molecule has 0 aromatic carbocycles. The Bertz CT molecular complexity index is 478. The van der Waals surface area contributed by atoms with E-state index in [0.717, 1.165) is 45.0 Å². The highest BCUT2D eigenvalue weighted by Crippen LogP contribution is 2.18. The van der Waals surface area contributed by atoms with Gasteiger partial charge in [0.05, 0.1) is 5.75 Å². The monoisotopic (exact) mass is 490 g/mol. The van der Waals surface area contributed by atoms with Crippen LogP contribution in [0.5, 0.6) is 0 Å². The predicted molar refractivity (Wildman–Crippen MR) is 114 cm³/mol. The standard InChI is InChI=1S/C16H34N4O3S.HI/c1-5-20(6-2)24(21,22)14-10-18-16(17-3)19(4)11-7-15-8-12-23-13-9-15;/h15H,5-14H2,1-4H3,(H,17,18);1H. The van der Waals surface area contributed by atoms with Crippen LogP contribution in [0.3, 0.4) is 0 Å². The van der Waals surface area contributed by atoms with Gasteiger partial charge in [-0.15, -0.1) is 24.0 Å². The Morgan fingerprint density at radius 2 is 1.84 bits per heavy atom. The minimum absolute atomic E-state index is 0. The average molecular weight is 490 g/mol. The second-order valence-electron chi connectivity index (χ2n) is 6.14. The Balaban J connectivity index is 0.00000576. The Morgan fingerprint density at radius 3 is 2.36 bits per heavy atom. The van der Waals surface area contributed by atoms with Crippen LogP contribution in [0.15, 0.2) is 4.99 Å².